The molecule has 0 radical (unpaired) electrons. The molecule has 0 aliphatic heterocycles. The van der Waals surface area contributed by atoms with Gasteiger partial charge in [-0.3, -0.25) is 0 Å². The van der Waals surface area contributed by atoms with Crippen molar-refractivity contribution in [3.63, 3.8) is 0 Å². The Morgan fingerprint density at radius 2 is 2.05 bits per heavy atom. The van der Waals surface area contributed by atoms with E-state index >= 15 is 0 Å². The van der Waals surface area contributed by atoms with Crippen LogP contribution in [0.1, 0.15) is 6.92 Å². The van der Waals surface area contributed by atoms with Crippen molar-refractivity contribution >= 4 is 22.7 Å². The topological polar surface area (TPSA) is 69.1 Å². The summed E-state index contributed by atoms with van der Waals surface area (Å²) in [5.74, 6) is 1.02. The van der Waals surface area contributed by atoms with E-state index in [1.807, 2.05) is 25.1 Å². The molecule has 0 aliphatic carbocycles. The van der Waals surface area contributed by atoms with Crippen LogP contribution >= 0.6 is 11.8 Å². The number of nitrogens with zero attached hydrogens (tertiary/aromatic N) is 2. The van der Waals surface area contributed by atoms with Gasteiger partial charge in [-0.15, -0.1) is 10.2 Å². The smallest absolute Gasteiger partial charge is 0.349 e. The fraction of sp³-hybridized carbons (Fsp3) is 0.154. The van der Waals surface area contributed by atoms with Gasteiger partial charge >= 0.3 is 5.63 Å². The van der Waals surface area contributed by atoms with Crippen LogP contribution in [0, 0.1) is 0 Å². The van der Waals surface area contributed by atoms with Crippen LogP contribution in [0.25, 0.3) is 22.4 Å². The van der Waals surface area contributed by atoms with Crippen molar-refractivity contribution in [3.8, 4) is 11.5 Å². The highest BCUT2D eigenvalue weighted by Gasteiger charge is 2.14. The van der Waals surface area contributed by atoms with Gasteiger partial charge < -0.3 is 8.83 Å². The molecule has 1 aromatic carbocycles. The molecule has 2 heterocycles. The van der Waals surface area contributed by atoms with Gasteiger partial charge in [0.05, 0.1) is 0 Å². The number of para-hydroxylation sites is 1. The molecule has 0 fully saturated rings. The Bertz CT molecular complexity index is 779. The molecule has 0 N–H and O–H groups in total. The maximum absolute atomic E-state index is 11.9. The number of thioether (sulfide) groups is 1. The van der Waals surface area contributed by atoms with Gasteiger partial charge in [0.15, 0.2) is 0 Å². The summed E-state index contributed by atoms with van der Waals surface area (Å²) >= 11 is 1.43. The predicted octanol–water partition coefficient (Wildman–Crippen LogP) is 2.96. The van der Waals surface area contributed by atoms with E-state index in [4.69, 9.17) is 8.83 Å². The molecule has 0 atom stereocenters. The van der Waals surface area contributed by atoms with Crippen LogP contribution in [0.5, 0.6) is 0 Å². The Hall–Kier alpha value is -2.08. The maximum atomic E-state index is 11.9. The zero-order chi connectivity index (χ0) is 13.2. The molecule has 0 unspecified atom stereocenters. The van der Waals surface area contributed by atoms with Gasteiger partial charge in [-0.05, 0) is 17.9 Å². The molecule has 5 nitrogen and oxygen atoms in total. The fourth-order valence-electron chi connectivity index (χ4n) is 1.71. The molecule has 0 amide bonds. The quantitative estimate of drug-likeness (QED) is 0.540. The highest BCUT2D eigenvalue weighted by atomic mass is 32.2. The van der Waals surface area contributed by atoms with E-state index in [2.05, 4.69) is 10.2 Å². The maximum Gasteiger partial charge on any atom is 0.349 e. The predicted molar refractivity (Wildman–Crippen MR) is 72.2 cm³/mol. The molecule has 96 valence electrons. The van der Waals surface area contributed by atoms with Gasteiger partial charge in [-0.1, -0.05) is 36.9 Å². The first-order chi connectivity index (χ1) is 9.28. The molecule has 19 heavy (non-hydrogen) atoms. The third-order valence-electron chi connectivity index (χ3n) is 2.55. The summed E-state index contributed by atoms with van der Waals surface area (Å²) in [7, 11) is 0. The molecule has 2 aromatic heterocycles. The molecule has 6 heteroatoms. The van der Waals surface area contributed by atoms with E-state index in [9.17, 15) is 4.79 Å². The van der Waals surface area contributed by atoms with Gasteiger partial charge in [0.2, 0.25) is 0 Å². The van der Waals surface area contributed by atoms with Crippen LogP contribution in [0.4, 0.5) is 0 Å². The number of benzene rings is 1. The Balaban J connectivity index is 2.13. The van der Waals surface area contributed by atoms with Crippen LogP contribution in [-0.4, -0.2) is 16.0 Å². The van der Waals surface area contributed by atoms with Gasteiger partial charge in [0.25, 0.3) is 11.1 Å². The van der Waals surface area contributed by atoms with E-state index in [0.717, 1.165) is 11.1 Å². The standard InChI is InChI=1S/C13H10N2O3S/c1-2-19-13-15-14-11(18-13)9-7-8-5-3-4-6-10(8)17-12(9)16/h3-7H,2H2,1H3. The lowest BCUT2D eigenvalue weighted by molar-refractivity contribution is 0.462. The second kappa shape index (κ2) is 4.89. The van der Waals surface area contributed by atoms with Crippen LogP contribution in [-0.2, 0) is 0 Å². The first-order valence-corrected chi connectivity index (χ1v) is 6.76. The van der Waals surface area contributed by atoms with Crippen molar-refractivity contribution in [3.05, 3.63) is 40.8 Å². The monoisotopic (exact) mass is 274 g/mol. The minimum Gasteiger partial charge on any atom is -0.422 e. The molecule has 0 aliphatic rings. The average Bonchev–Trinajstić information content (AvgIpc) is 2.87. The SMILES string of the molecule is CCSc1nnc(-c2cc3ccccc3oc2=O)o1. The molecule has 3 aromatic rings. The van der Waals surface area contributed by atoms with E-state index < -0.39 is 5.63 Å². The lowest BCUT2D eigenvalue weighted by Gasteiger charge is -1.97. The van der Waals surface area contributed by atoms with Gasteiger partial charge in [-0.25, -0.2) is 4.79 Å². The Morgan fingerprint density at radius 1 is 1.21 bits per heavy atom. The lowest BCUT2D eigenvalue weighted by Crippen LogP contribution is -2.02. The van der Waals surface area contributed by atoms with E-state index in [-0.39, 0.29) is 11.5 Å². The first kappa shape index (κ1) is 12.0. The summed E-state index contributed by atoms with van der Waals surface area (Å²) in [5, 5.41) is 9.01. The lowest BCUT2D eigenvalue weighted by atomic mass is 10.2. The van der Waals surface area contributed by atoms with E-state index in [1.54, 1.807) is 12.1 Å². The summed E-state index contributed by atoms with van der Waals surface area (Å²) in [4.78, 5) is 11.9. The summed E-state index contributed by atoms with van der Waals surface area (Å²) in [5.41, 5.74) is 0.350. The fourth-order valence-corrected chi connectivity index (χ4v) is 2.19. The van der Waals surface area contributed by atoms with Crippen molar-refractivity contribution in [2.45, 2.75) is 12.1 Å². The van der Waals surface area contributed by atoms with Gasteiger partial charge in [0.1, 0.15) is 11.1 Å². The van der Waals surface area contributed by atoms with Crippen LogP contribution in [0.15, 0.2) is 49.2 Å². The largest absolute Gasteiger partial charge is 0.422 e. The molecule has 0 saturated heterocycles. The summed E-state index contributed by atoms with van der Waals surface area (Å²) in [6, 6.07) is 8.99. The molecular formula is C13H10N2O3S. The Morgan fingerprint density at radius 3 is 2.89 bits per heavy atom. The molecule has 0 saturated carbocycles. The number of hydrogen-bond donors (Lipinski definition) is 0. The average molecular weight is 274 g/mol. The minimum atomic E-state index is -0.476. The van der Waals surface area contributed by atoms with Crippen molar-refractivity contribution in [2.24, 2.45) is 0 Å². The second-order valence-corrected chi connectivity index (χ2v) is 5.01. The Labute approximate surface area is 112 Å². The van der Waals surface area contributed by atoms with Crippen LogP contribution in [0.2, 0.25) is 0 Å². The van der Waals surface area contributed by atoms with Crippen molar-refractivity contribution in [1.82, 2.24) is 10.2 Å². The van der Waals surface area contributed by atoms with Crippen LogP contribution < -0.4 is 5.63 Å². The minimum absolute atomic E-state index is 0.190. The van der Waals surface area contributed by atoms with Gasteiger partial charge in [0, 0.05) is 5.39 Å². The van der Waals surface area contributed by atoms with Crippen molar-refractivity contribution in [1.29, 1.82) is 0 Å². The first-order valence-electron chi connectivity index (χ1n) is 5.77. The number of aromatic nitrogens is 2. The van der Waals surface area contributed by atoms with E-state index in [0.29, 0.717) is 10.8 Å². The van der Waals surface area contributed by atoms with Gasteiger partial charge in [-0.2, -0.15) is 0 Å². The zero-order valence-electron chi connectivity index (χ0n) is 10.1. The zero-order valence-corrected chi connectivity index (χ0v) is 10.9. The molecular weight excluding hydrogens is 264 g/mol. The third kappa shape index (κ3) is 2.26. The number of fused-ring (bicyclic) bond motifs is 1. The Kier molecular flexibility index (Phi) is 3.08. The van der Waals surface area contributed by atoms with E-state index in [1.165, 1.54) is 11.8 Å². The summed E-state index contributed by atoms with van der Waals surface area (Å²) < 4.78 is 10.6. The number of hydrogen-bond acceptors (Lipinski definition) is 6. The highest BCUT2D eigenvalue weighted by molar-refractivity contribution is 7.99. The number of rotatable bonds is 3. The molecule has 0 bridgehead atoms. The second-order valence-electron chi connectivity index (χ2n) is 3.79. The van der Waals surface area contributed by atoms with Crippen molar-refractivity contribution in [2.75, 3.05) is 5.75 Å². The normalized spacial score (nSPS) is 11.0. The summed E-state index contributed by atoms with van der Waals surface area (Å²) in [6.45, 7) is 1.99. The summed E-state index contributed by atoms with van der Waals surface area (Å²) in [6.07, 6.45) is 0. The van der Waals surface area contributed by atoms with Crippen LogP contribution in [0.3, 0.4) is 0 Å². The van der Waals surface area contributed by atoms with Crippen molar-refractivity contribution < 1.29 is 8.83 Å². The highest BCUT2D eigenvalue weighted by Crippen LogP contribution is 2.23. The molecule has 0 spiro atoms. The molecule has 3 rings (SSSR count). The third-order valence-corrected chi connectivity index (χ3v) is 3.25.